The summed E-state index contributed by atoms with van der Waals surface area (Å²) in [5, 5.41) is 24.8. The molecular weight excluding hydrogens is 366 g/mol. The van der Waals surface area contributed by atoms with Crippen molar-refractivity contribution in [2.75, 3.05) is 18.4 Å². The van der Waals surface area contributed by atoms with Gasteiger partial charge in [-0.3, -0.25) is 5.10 Å². The summed E-state index contributed by atoms with van der Waals surface area (Å²) in [6.45, 7) is 1.86. The molecule has 0 bridgehead atoms. The van der Waals surface area contributed by atoms with Gasteiger partial charge >= 0.3 is 0 Å². The predicted octanol–water partition coefficient (Wildman–Crippen LogP) is 3.25. The highest BCUT2D eigenvalue weighted by Gasteiger charge is 2.17. The number of anilines is 2. The Bertz CT molecular complexity index is 1220. The molecule has 2 aromatic carbocycles. The summed E-state index contributed by atoms with van der Waals surface area (Å²) in [6.07, 6.45) is 5.47. The number of nitrogens with zero attached hydrogens (tertiary/aromatic N) is 4. The van der Waals surface area contributed by atoms with Crippen molar-refractivity contribution in [3.63, 3.8) is 0 Å². The van der Waals surface area contributed by atoms with E-state index in [1.54, 1.807) is 24.5 Å². The fourth-order valence-corrected chi connectivity index (χ4v) is 3.56. The molecule has 0 atom stereocenters. The first-order valence-corrected chi connectivity index (χ1v) is 9.57. The second-order valence-corrected chi connectivity index (χ2v) is 7.08. The van der Waals surface area contributed by atoms with Gasteiger partial charge in [-0.1, -0.05) is 0 Å². The number of ether oxygens (including phenoxy) is 1. The van der Waals surface area contributed by atoms with Gasteiger partial charge in [0.15, 0.2) is 0 Å². The lowest BCUT2D eigenvalue weighted by Crippen LogP contribution is -2.34. The van der Waals surface area contributed by atoms with E-state index < -0.39 is 0 Å². The van der Waals surface area contributed by atoms with Crippen LogP contribution in [0.3, 0.4) is 0 Å². The molecule has 0 radical (unpaired) electrons. The molecule has 0 aliphatic carbocycles. The number of benzene rings is 2. The number of aromatic amines is 1. The lowest BCUT2D eigenvalue weighted by Gasteiger charge is -2.24. The average molecular weight is 385 g/mol. The average Bonchev–Trinajstić information content (AvgIpc) is 3.22. The van der Waals surface area contributed by atoms with Crippen molar-refractivity contribution >= 4 is 33.4 Å². The van der Waals surface area contributed by atoms with Crippen LogP contribution in [-0.4, -0.2) is 39.4 Å². The summed E-state index contributed by atoms with van der Waals surface area (Å²) in [5.74, 6) is 1.09. The smallest absolute Gasteiger partial charge is 0.227 e. The highest BCUT2D eigenvalue weighted by molar-refractivity contribution is 5.87. The molecule has 0 unspecified atom stereocenters. The molecule has 1 saturated heterocycles. The van der Waals surface area contributed by atoms with Crippen molar-refractivity contribution < 1.29 is 4.74 Å². The fraction of sp³-hybridized carbons (Fsp3) is 0.238. The predicted molar refractivity (Wildman–Crippen MR) is 110 cm³/mol. The summed E-state index contributed by atoms with van der Waals surface area (Å²) in [7, 11) is 0. The molecule has 1 aliphatic rings. The monoisotopic (exact) mass is 385 g/mol. The Morgan fingerprint density at radius 2 is 2.00 bits per heavy atom. The maximum absolute atomic E-state index is 9.37. The van der Waals surface area contributed by atoms with Gasteiger partial charge in [0.25, 0.3) is 0 Å². The number of nitriles is 1. The van der Waals surface area contributed by atoms with Crippen molar-refractivity contribution in [1.82, 2.24) is 25.5 Å². The van der Waals surface area contributed by atoms with E-state index in [4.69, 9.17) is 4.74 Å². The molecule has 144 valence electrons. The van der Waals surface area contributed by atoms with Crippen LogP contribution in [0.25, 0.3) is 21.8 Å². The van der Waals surface area contributed by atoms with Gasteiger partial charge in [-0.15, -0.1) is 0 Å². The number of aromatic nitrogens is 4. The van der Waals surface area contributed by atoms with Crippen molar-refractivity contribution in [3.05, 3.63) is 48.3 Å². The molecule has 8 nitrogen and oxygen atoms in total. The van der Waals surface area contributed by atoms with Gasteiger partial charge in [0, 0.05) is 28.7 Å². The van der Waals surface area contributed by atoms with Crippen molar-refractivity contribution in [1.29, 1.82) is 5.26 Å². The van der Waals surface area contributed by atoms with Gasteiger partial charge in [0.2, 0.25) is 5.95 Å². The number of hydrogen-bond acceptors (Lipinski definition) is 7. The molecule has 3 heterocycles. The number of piperidine rings is 1. The van der Waals surface area contributed by atoms with Gasteiger partial charge in [0.1, 0.15) is 17.4 Å². The lowest BCUT2D eigenvalue weighted by atomic mass is 10.1. The number of hydrogen-bond donors (Lipinski definition) is 3. The third-order valence-electron chi connectivity index (χ3n) is 5.06. The maximum atomic E-state index is 9.37. The first-order valence-electron chi connectivity index (χ1n) is 9.57. The Morgan fingerprint density at radius 3 is 2.86 bits per heavy atom. The molecular formula is C21H19N7O. The molecule has 1 aliphatic heterocycles. The van der Waals surface area contributed by atoms with Crippen molar-refractivity contribution in [2.45, 2.75) is 18.9 Å². The van der Waals surface area contributed by atoms with Crippen LogP contribution in [0.1, 0.15) is 18.4 Å². The van der Waals surface area contributed by atoms with Gasteiger partial charge in [-0.25, -0.2) is 9.97 Å². The van der Waals surface area contributed by atoms with Crippen LogP contribution in [0.4, 0.5) is 11.6 Å². The second-order valence-electron chi connectivity index (χ2n) is 7.08. The molecule has 5 rings (SSSR count). The standard InChI is InChI=1S/C21H19N7O/c22-10-13-7-15-11-24-21(26-16-2-1-14-12-25-28-18(14)9-16)27-20(15)19(8-13)29-17-3-5-23-6-4-17/h1-2,7-9,11-12,17,23H,3-6H2,(H,25,28)(H,24,26,27). The Hall–Kier alpha value is -3.70. The summed E-state index contributed by atoms with van der Waals surface area (Å²) < 4.78 is 6.24. The number of fused-ring (bicyclic) bond motifs is 2. The topological polar surface area (TPSA) is 112 Å². The van der Waals surface area contributed by atoms with E-state index in [9.17, 15) is 5.26 Å². The van der Waals surface area contributed by atoms with E-state index in [2.05, 4.69) is 36.9 Å². The van der Waals surface area contributed by atoms with E-state index >= 15 is 0 Å². The van der Waals surface area contributed by atoms with E-state index in [-0.39, 0.29) is 6.10 Å². The fourth-order valence-electron chi connectivity index (χ4n) is 3.56. The molecule has 0 amide bonds. The molecule has 1 fully saturated rings. The Kier molecular flexibility index (Phi) is 4.42. The molecule has 0 spiro atoms. The van der Waals surface area contributed by atoms with Gasteiger partial charge in [-0.05, 0) is 50.2 Å². The molecule has 8 heteroatoms. The van der Waals surface area contributed by atoms with E-state index in [1.807, 2.05) is 18.2 Å². The Balaban J connectivity index is 1.50. The zero-order valence-electron chi connectivity index (χ0n) is 15.6. The molecule has 4 aromatic rings. The quantitative estimate of drug-likeness (QED) is 0.494. The van der Waals surface area contributed by atoms with Crippen LogP contribution in [0.2, 0.25) is 0 Å². The van der Waals surface area contributed by atoms with E-state index in [0.717, 1.165) is 47.9 Å². The number of H-pyrrole nitrogens is 1. The SMILES string of the molecule is N#Cc1cc(OC2CCNCC2)c2nc(Nc3ccc4cn[nH]c4c3)ncc2c1. The number of rotatable bonds is 4. The van der Waals surface area contributed by atoms with E-state index in [1.165, 1.54) is 0 Å². The minimum atomic E-state index is 0.113. The van der Waals surface area contributed by atoms with Crippen molar-refractivity contribution in [2.24, 2.45) is 0 Å². The van der Waals surface area contributed by atoms with E-state index in [0.29, 0.717) is 22.8 Å². The lowest BCUT2D eigenvalue weighted by molar-refractivity contribution is 0.164. The first kappa shape index (κ1) is 17.4. The Morgan fingerprint density at radius 1 is 1.10 bits per heavy atom. The Labute approximate surface area is 166 Å². The second kappa shape index (κ2) is 7.37. The highest BCUT2D eigenvalue weighted by atomic mass is 16.5. The normalized spacial score (nSPS) is 14.7. The van der Waals surface area contributed by atoms with Crippen molar-refractivity contribution in [3.8, 4) is 11.8 Å². The maximum Gasteiger partial charge on any atom is 0.227 e. The van der Waals surface area contributed by atoms with Gasteiger partial charge in [-0.2, -0.15) is 10.4 Å². The molecule has 0 saturated carbocycles. The zero-order valence-corrected chi connectivity index (χ0v) is 15.6. The van der Waals surface area contributed by atoms with Gasteiger partial charge in [0.05, 0.1) is 23.3 Å². The highest BCUT2D eigenvalue weighted by Crippen LogP contribution is 2.29. The largest absolute Gasteiger partial charge is 0.488 e. The molecule has 3 N–H and O–H groups in total. The third-order valence-corrected chi connectivity index (χ3v) is 5.06. The summed E-state index contributed by atoms with van der Waals surface area (Å²) in [5.41, 5.74) is 3.03. The van der Waals surface area contributed by atoms with Crippen LogP contribution in [0.15, 0.2) is 42.7 Å². The summed E-state index contributed by atoms with van der Waals surface area (Å²) in [4.78, 5) is 9.09. The molecule has 29 heavy (non-hydrogen) atoms. The number of nitrogens with one attached hydrogen (secondary N) is 3. The minimum absolute atomic E-state index is 0.113. The van der Waals surface area contributed by atoms with Crippen LogP contribution >= 0.6 is 0 Å². The van der Waals surface area contributed by atoms with Crippen LogP contribution in [0, 0.1) is 11.3 Å². The van der Waals surface area contributed by atoms with Gasteiger partial charge < -0.3 is 15.4 Å². The summed E-state index contributed by atoms with van der Waals surface area (Å²) >= 11 is 0. The van der Waals surface area contributed by atoms with Crippen LogP contribution in [0.5, 0.6) is 5.75 Å². The third kappa shape index (κ3) is 3.56. The minimum Gasteiger partial charge on any atom is -0.488 e. The zero-order chi connectivity index (χ0) is 19.6. The van der Waals surface area contributed by atoms with Crippen LogP contribution < -0.4 is 15.4 Å². The summed E-state index contributed by atoms with van der Waals surface area (Å²) in [6, 6.07) is 11.6. The molecule has 2 aromatic heterocycles. The first-order chi connectivity index (χ1) is 14.3. The van der Waals surface area contributed by atoms with Crippen LogP contribution in [-0.2, 0) is 0 Å².